The van der Waals surface area contributed by atoms with Crippen molar-refractivity contribution in [1.29, 1.82) is 0 Å². The van der Waals surface area contributed by atoms with Crippen molar-refractivity contribution in [2.24, 2.45) is 0 Å². The molecule has 0 bridgehead atoms. The normalized spacial score (nSPS) is 12.4. The largest absolute Gasteiger partial charge is 0.492 e. The first-order valence-electron chi connectivity index (χ1n) is 6.65. The molecule has 0 saturated heterocycles. The molecule has 0 aromatic heterocycles. The van der Waals surface area contributed by atoms with E-state index in [0.29, 0.717) is 6.04 Å². The van der Waals surface area contributed by atoms with Crippen LogP contribution in [0.4, 0.5) is 0 Å². The molecular formula is C15H25NO. The van der Waals surface area contributed by atoms with Gasteiger partial charge in [0.25, 0.3) is 0 Å². The fourth-order valence-corrected chi connectivity index (χ4v) is 1.79. The highest BCUT2D eigenvalue weighted by molar-refractivity contribution is 5.27. The van der Waals surface area contributed by atoms with E-state index in [1.165, 1.54) is 24.8 Å². The Morgan fingerprint density at radius 1 is 1.35 bits per heavy atom. The zero-order chi connectivity index (χ0) is 12.5. The standard InChI is InChI=1S/C15H25NO/c1-4-5-8-14(3)16-10-11-17-15-9-6-7-13(2)12-15/h6-7,9,12,14,16H,4-5,8,10-11H2,1-3H3. The summed E-state index contributed by atoms with van der Waals surface area (Å²) in [5.74, 6) is 0.966. The summed E-state index contributed by atoms with van der Waals surface area (Å²) in [5.41, 5.74) is 1.24. The first kappa shape index (κ1) is 14.0. The van der Waals surface area contributed by atoms with Gasteiger partial charge in [0.05, 0.1) is 0 Å². The first-order valence-corrected chi connectivity index (χ1v) is 6.65. The van der Waals surface area contributed by atoms with Gasteiger partial charge >= 0.3 is 0 Å². The predicted molar refractivity (Wildman–Crippen MR) is 73.7 cm³/mol. The Bertz CT molecular complexity index is 312. The average Bonchev–Trinajstić information content (AvgIpc) is 2.32. The molecule has 0 spiro atoms. The van der Waals surface area contributed by atoms with Crippen molar-refractivity contribution >= 4 is 0 Å². The van der Waals surface area contributed by atoms with Gasteiger partial charge in [0.1, 0.15) is 12.4 Å². The molecule has 1 aromatic rings. The molecule has 0 aliphatic heterocycles. The van der Waals surface area contributed by atoms with Gasteiger partial charge in [-0.15, -0.1) is 0 Å². The van der Waals surface area contributed by atoms with Crippen LogP contribution in [-0.2, 0) is 0 Å². The molecule has 0 heterocycles. The van der Waals surface area contributed by atoms with Crippen LogP contribution in [0.2, 0.25) is 0 Å². The van der Waals surface area contributed by atoms with Crippen molar-refractivity contribution in [3.8, 4) is 5.75 Å². The highest BCUT2D eigenvalue weighted by Crippen LogP contribution is 2.11. The monoisotopic (exact) mass is 235 g/mol. The SMILES string of the molecule is CCCCC(C)NCCOc1cccc(C)c1. The highest BCUT2D eigenvalue weighted by Gasteiger charge is 2.00. The molecule has 0 radical (unpaired) electrons. The molecule has 96 valence electrons. The van der Waals surface area contributed by atoms with Crippen LogP contribution in [-0.4, -0.2) is 19.2 Å². The maximum Gasteiger partial charge on any atom is 0.119 e. The number of unbranched alkanes of at least 4 members (excludes halogenated alkanes) is 1. The molecule has 0 aliphatic rings. The van der Waals surface area contributed by atoms with E-state index in [0.717, 1.165) is 18.9 Å². The van der Waals surface area contributed by atoms with Gasteiger partial charge in [-0.1, -0.05) is 31.9 Å². The minimum Gasteiger partial charge on any atom is -0.492 e. The molecule has 1 atom stereocenters. The van der Waals surface area contributed by atoms with E-state index in [4.69, 9.17) is 4.74 Å². The van der Waals surface area contributed by atoms with Crippen molar-refractivity contribution < 1.29 is 4.74 Å². The maximum atomic E-state index is 5.68. The van der Waals surface area contributed by atoms with Crippen molar-refractivity contribution in [3.63, 3.8) is 0 Å². The fourth-order valence-electron chi connectivity index (χ4n) is 1.79. The smallest absolute Gasteiger partial charge is 0.119 e. The summed E-state index contributed by atoms with van der Waals surface area (Å²) in [7, 11) is 0. The molecule has 2 nitrogen and oxygen atoms in total. The Balaban J connectivity index is 2.11. The van der Waals surface area contributed by atoms with Crippen LogP contribution in [0.15, 0.2) is 24.3 Å². The average molecular weight is 235 g/mol. The van der Waals surface area contributed by atoms with Crippen LogP contribution >= 0.6 is 0 Å². The number of ether oxygens (including phenoxy) is 1. The van der Waals surface area contributed by atoms with Crippen LogP contribution in [0.25, 0.3) is 0 Å². The molecule has 1 N–H and O–H groups in total. The van der Waals surface area contributed by atoms with Gasteiger partial charge in [-0.3, -0.25) is 0 Å². The molecule has 1 rings (SSSR count). The lowest BCUT2D eigenvalue weighted by atomic mass is 10.1. The quantitative estimate of drug-likeness (QED) is 0.696. The molecule has 0 amide bonds. The van der Waals surface area contributed by atoms with E-state index in [9.17, 15) is 0 Å². The highest BCUT2D eigenvalue weighted by atomic mass is 16.5. The Labute approximate surface area is 105 Å². The molecule has 0 aliphatic carbocycles. The van der Waals surface area contributed by atoms with E-state index < -0.39 is 0 Å². The van der Waals surface area contributed by atoms with Gasteiger partial charge in [-0.25, -0.2) is 0 Å². The second kappa shape index (κ2) is 8.13. The Hall–Kier alpha value is -1.02. The van der Waals surface area contributed by atoms with Gasteiger partial charge in [0.2, 0.25) is 0 Å². The van der Waals surface area contributed by atoms with Crippen LogP contribution in [0.1, 0.15) is 38.7 Å². The molecular weight excluding hydrogens is 210 g/mol. The molecule has 0 saturated carbocycles. The minimum absolute atomic E-state index is 0.594. The van der Waals surface area contributed by atoms with E-state index in [1.54, 1.807) is 0 Å². The van der Waals surface area contributed by atoms with Crippen LogP contribution < -0.4 is 10.1 Å². The van der Waals surface area contributed by atoms with E-state index >= 15 is 0 Å². The van der Waals surface area contributed by atoms with Gasteiger partial charge in [-0.05, 0) is 38.0 Å². The van der Waals surface area contributed by atoms with Crippen molar-refractivity contribution in [2.75, 3.05) is 13.2 Å². The number of aryl methyl sites for hydroxylation is 1. The van der Waals surface area contributed by atoms with Crippen LogP contribution in [0.5, 0.6) is 5.75 Å². The molecule has 2 heteroatoms. The van der Waals surface area contributed by atoms with Gasteiger partial charge in [-0.2, -0.15) is 0 Å². The summed E-state index contributed by atoms with van der Waals surface area (Å²) in [6.45, 7) is 8.20. The summed E-state index contributed by atoms with van der Waals surface area (Å²) in [6, 6.07) is 8.78. The lowest BCUT2D eigenvalue weighted by Gasteiger charge is -2.13. The summed E-state index contributed by atoms with van der Waals surface area (Å²) in [4.78, 5) is 0. The molecule has 1 aromatic carbocycles. The van der Waals surface area contributed by atoms with Gasteiger partial charge in [0, 0.05) is 12.6 Å². The number of hydrogen-bond donors (Lipinski definition) is 1. The number of rotatable bonds is 8. The Kier molecular flexibility index (Phi) is 6.71. The maximum absolute atomic E-state index is 5.68. The zero-order valence-corrected chi connectivity index (χ0v) is 11.3. The third kappa shape index (κ3) is 6.32. The zero-order valence-electron chi connectivity index (χ0n) is 11.3. The molecule has 0 fully saturated rings. The lowest BCUT2D eigenvalue weighted by Crippen LogP contribution is -2.30. The summed E-state index contributed by atoms with van der Waals surface area (Å²) in [5, 5.41) is 3.48. The first-order chi connectivity index (χ1) is 8.22. The fraction of sp³-hybridized carbons (Fsp3) is 0.600. The van der Waals surface area contributed by atoms with Gasteiger partial charge < -0.3 is 10.1 Å². The van der Waals surface area contributed by atoms with E-state index in [2.05, 4.69) is 38.2 Å². The van der Waals surface area contributed by atoms with Crippen LogP contribution in [0, 0.1) is 6.92 Å². The van der Waals surface area contributed by atoms with Gasteiger partial charge in [0.15, 0.2) is 0 Å². The van der Waals surface area contributed by atoms with Crippen LogP contribution in [0.3, 0.4) is 0 Å². The number of benzene rings is 1. The Morgan fingerprint density at radius 2 is 2.18 bits per heavy atom. The second-order valence-corrected chi connectivity index (χ2v) is 4.66. The summed E-state index contributed by atoms with van der Waals surface area (Å²) in [6.07, 6.45) is 3.82. The van der Waals surface area contributed by atoms with E-state index in [-0.39, 0.29) is 0 Å². The third-order valence-electron chi connectivity index (χ3n) is 2.84. The summed E-state index contributed by atoms with van der Waals surface area (Å²) < 4.78 is 5.68. The third-order valence-corrected chi connectivity index (χ3v) is 2.84. The number of hydrogen-bond acceptors (Lipinski definition) is 2. The van der Waals surface area contributed by atoms with Crippen molar-refractivity contribution in [3.05, 3.63) is 29.8 Å². The predicted octanol–water partition coefficient (Wildman–Crippen LogP) is 3.54. The Morgan fingerprint density at radius 3 is 2.88 bits per heavy atom. The second-order valence-electron chi connectivity index (χ2n) is 4.66. The van der Waals surface area contributed by atoms with E-state index in [1.807, 2.05) is 12.1 Å². The molecule has 1 unspecified atom stereocenters. The summed E-state index contributed by atoms with van der Waals surface area (Å²) >= 11 is 0. The van der Waals surface area contributed by atoms with Crippen molar-refractivity contribution in [2.45, 2.75) is 46.1 Å². The lowest BCUT2D eigenvalue weighted by molar-refractivity contribution is 0.304. The minimum atomic E-state index is 0.594. The topological polar surface area (TPSA) is 21.3 Å². The molecule has 17 heavy (non-hydrogen) atoms. The number of nitrogens with one attached hydrogen (secondary N) is 1. The van der Waals surface area contributed by atoms with Crippen molar-refractivity contribution in [1.82, 2.24) is 5.32 Å².